The molecule has 1 heterocycles. The summed E-state index contributed by atoms with van der Waals surface area (Å²) in [4.78, 5) is 4.10. The molecule has 1 aliphatic rings. The van der Waals surface area contributed by atoms with E-state index in [9.17, 15) is 0 Å². The molecule has 0 amide bonds. The number of oxazole rings is 1. The van der Waals surface area contributed by atoms with E-state index in [2.05, 4.69) is 37.1 Å². The van der Waals surface area contributed by atoms with Crippen molar-refractivity contribution in [1.29, 1.82) is 0 Å². The van der Waals surface area contributed by atoms with Crippen LogP contribution in [0.5, 0.6) is 0 Å². The molecule has 0 saturated carbocycles. The van der Waals surface area contributed by atoms with E-state index in [-0.39, 0.29) is 5.41 Å². The number of hydrogen-bond donors (Lipinski definition) is 0. The third-order valence-corrected chi connectivity index (χ3v) is 2.24. The van der Waals surface area contributed by atoms with Gasteiger partial charge in [-0.2, -0.15) is 0 Å². The lowest BCUT2D eigenvalue weighted by atomic mass is 9.84. The molecule has 13 heavy (non-hydrogen) atoms. The summed E-state index contributed by atoms with van der Waals surface area (Å²) in [6, 6.07) is 0. The van der Waals surface area contributed by atoms with Crippen LogP contribution in [0.1, 0.15) is 26.2 Å². The Morgan fingerprint density at radius 3 is 2.85 bits per heavy atom. The average molecular weight is 175 g/mol. The molecule has 0 radical (unpaired) electrons. The van der Waals surface area contributed by atoms with Crippen LogP contribution in [-0.4, -0.2) is 4.98 Å². The summed E-state index contributed by atoms with van der Waals surface area (Å²) >= 11 is 0. The van der Waals surface area contributed by atoms with Gasteiger partial charge in [-0.25, -0.2) is 4.98 Å². The predicted molar refractivity (Wildman–Crippen MR) is 52.0 cm³/mol. The van der Waals surface area contributed by atoms with Crippen molar-refractivity contribution in [3.05, 3.63) is 36.6 Å². The van der Waals surface area contributed by atoms with Gasteiger partial charge >= 0.3 is 0 Å². The molecule has 0 aromatic carbocycles. The lowest BCUT2D eigenvalue weighted by molar-refractivity contribution is 0.482. The third kappa shape index (κ3) is 1.72. The number of aromatic nitrogens is 1. The molecule has 2 heteroatoms. The van der Waals surface area contributed by atoms with Gasteiger partial charge in [-0.15, -0.1) is 0 Å². The number of nitrogens with zero attached hydrogens (tertiary/aromatic N) is 1. The van der Waals surface area contributed by atoms with Crippen LogP contribution in [0.15, 0.2) is 35.1 Å². The van der Waals surface area contributed by atoms with E-state index >= 15 is 0 Å². The van der Waals surface area contributed by atoms with Crippen LogP contribution in [0, 0.1) is 5.41 Å². The highest BCUT2D eigenvalue weighted by Crippen LogP contribution is 2.31. The van der Waals surface area contributed by atoms with Crippen LogP contribution in [0.4, 0.5) is 0 Å². The Morgan fingerprint density at radius 2 is 2.31 bits per heavy atom. The average Bonchev–Trinajstić information content (AvgIpc) is 2.56. The fraction of sp³-hybridized carbons (Fsp3) is 0.364. The molecule has 0 fully saturated rings. The van der Waals surface area contributed by atoms with E-state index in [0.29, 0.717) is 5.89 Å². The Hall–Kier alpha value is -1.31. The smallest absolute Gasteiger partial charge is 0.225 e. The maximum Gasteiger partial charge on any atom is 0.225 e. The lowest BCUT2D eigenvalue weighted by Crippen LogP contribution is -2.08. The summed E-state index contributed by atoms with van der Waals surface area (Å²) in [5, 5.41) is 0. The maximum atomic E-state index is 5.21. The Morgan fingerprint density at radius 1 is 1.46 bits per heavy atom. The van der Waals surface area contributed by atoms with Gasteiger partial charge in [-0.1, -0.05) is 32.1 Å². The van der Waals surface area contributed by atoms with Gasteiger partial charge in [-0.05, 0) is 11.8 Å². The molecule has 0 unspecified atom stereocenters. The van der Waals surface area contributed by atoms with E-state index in [0.717, 1.165) is 12.0 Å². The first kappa shape index (κ1) is 8.30. The Balaban J connectivity index is 2.23. The van der Waals surface area contributed by atoms with E-state index in [1.54, 1.807) is 12.5 Å². The Kier molecular flexibility index (Phi) is 1.83. The van der Waals surface area contributed by atoms with Gasteiger partial charge in [0.25, 0.3) is 0 Å². The predicted octanol–water partition coefficient (Wildman–Crippen LogP) is 3.04. The highest BCUT2D eigenvalue weighted by molar-refractivity contribution is 5.69. The number of allylic oxidation sites excluding steroid dienone is 4. The van der Waals surface area contributed by atoms with Crippen molar-refractivity contribution < 1.29 is 4.42 Å². The molecule has 68 valence electrons. The fourth-order valence-corrected chi connectivity index (χ4v) is 1.35. The molecule has 0 bridgehead atoms. The summed E-state index contributed by atoms with van der Waals surface area (Å²) in [6.07, 6.45) is 10.8. The first-order valence-corrected chi connectivity index (χ1v) is 4.47. The Labute approximate surface area is 78.0 Å². The van der Waals surface area contributed by atoms with Crippen molar-refractivity contribution in [2.24, 2.45) is 5.41 Å². The van der Waals surface area contributed by atoms with Crippen LogP contribution >= 0.6 is 0 Å². The number of hydrogen-bond acceptors (Lipinski definition) is 2. The first-order chi connectivity index (χ1) is 6.17. The third-order valence-electron chi connectivity index (χ3n) is 2.24. The SMILES string of the molecule is CC1(C)C=CC(c2ncco2)=CC1. The van der Waals surface area contributed by atoms with Crippen LogP contribution in [0.2, 0.25) is 0 Å². The second-order valence-electron chi connectivity index (χ2n) is 4.02. The van der Waals surface area contributed by atoms with Gasteiger partial charge < -0.3 is 4.42 Å². The lowest BCUT2D eigenvalue weighted by Gasteiger charge is -2.21. The normalized spacial score (nSPS) is 20.0. The van der Waals surface area contributed by atoms with Crippen LogP contribution in [0.3, 0.4) is 0 Å². The molecular formula is C11H13NO. The zero-order valence-electron chi connectivity index (χ0n) is 7.95. The Bertz CT molecular complexity index is 344. The van der Waals surface area contributed by atoms with Gasteiger partial charge in [0, 0.05) is 5.57 Å². The zero-order chi connectivity index (χ0) is 9.31. The topological polar surface area (TPSA) is 26.0 Å². The molecule has 0 spiro atoms. The van der Waals surface area contributed by atoms with Crippen LogP contribution in [-0.2, 0) is 0 Å². The van der Waals surface area contributed by atoms with Crippen LogP contribution < -0.4 is 0 Å². The highest BCUT2D eigenvalue weighted by atomic mass is 16.3. The quantitative estimate of drug-likeness (QED) is 0.655. The van der Waals surface area contributed by atoms with E-state index in [1.165, 1.54) is 0 Å². The molecular weight excluding hydrogens is 162 g/mol. The molecule has 2 rings (SSSR count). The van der Waals surface area contributed by atoms with Gasteiger partial charge in [0.05, 0.1) is 6.20 Å². The minimum atomic E-state index is 0.274. The van der Waals surface area contributed by atoms with E-state index in [1.807, 2.05) is 0 Å². The second-order valence-corrected chi connectivity index (χ2v) is 4.02. The van der Waals surface area contributed by atoms with Crippen molar-refractivity contribution in [2.45, 2.75) is 20.3 Å². The van der Waals surface area contributed by atoms with Crippen molar-refractivity contribution in [2.75, 3.05) is 0 Å². The first-order valence-electron chi connectivity index (χ1n) is 4.47. The van der Waals surface area contributed by atoms with E-state index in [4.69, 9.17) is 4.42 Å². The largest absolute Gasteiger partial charge is 0.445 e. The molecule has 0 saturated heterocycles. The monoisotopic (exact) mass is 175 g/mol. The minimum absolute atomic E-state index is 0.274. The van der Waals surface area contributed by atoms with Crippen molar-refractivity contribution in [3.63, 3.8) is 0 Å². The van der Waals surface area contributed by atoms with Gasteiger partial charge in [-0.3, -0.25) is 0 Å². The summed E-state index contributed by atoms with van der Waals surface area (Å²) in [5.41, 5.74) is 1.36. The van der Waals surface area contributed by atoms with Gasteiger partial charge in [0.2, 0.25) is 5.89 Å². The molecule has 0 atom stereocenters. The van der Waals surface area contributed by atoms with Crippen molar-refractivity contribution in [3.8, 4) is 0 Å². The molecule has 0 aliphatic heterocycles. The maximum absolute atomic E-state index is 5.21. The molecule has 1 aromatic heterocycles. The zero-order valence-corrected chi connectivity index (χ0v) is 7.95. The molecule has 1 aromatic rings. The summed E-state index contributed by atoms with van der Waals surface area (Å²) in [7, 11) is 0. The molecule has 0 N–H and O–H groups in total. The summed E-state index contributed by atoms with van der Waals surface area (Å²) in [5.74, 6) is 0.715. The van der Waals surface area contributed by atoms with Crippen molar-refractivity contribution in [1.82, 2.24) is 4.98 Å². The standard InChI is InChI=1S/C11H13NO/c1-11(2)5-3-9(4-6-11)10-12-7-8-13-10/h3-5,7-8H,6H2,1-2H3. The molecule has 1 aliphatic carbocycles. The fourth-order valence-electron chi connectivity index (χ4n) is 1.35. The van der Waals surface area contributed by atoms with E-state index < -0.39 is 0 Å². The minimum Gasteiger partial charge on any atom is -0.445 e. The van der Waals surface area contributed by atoms with Gasteiger partial charge in [0.1, 0.15) is 6.26 Å². The van der Waals surface area contributed by atoms with Gasteiger partial charge in [0.15, 0.2) is 0 Å². The summed E-state index contributed by atoms with van der Waals surface area (Å²) < 4.78 is 5.21. The second kappa shape index (κ2) is 2.87. The summed E-state index contributed by atoms with van der Waals surface area (Å²) in [6.45, 7) is 4.43. The van der Waals surface area contributed by atoms with Crippen molar-refractivity contribution >= 4 is 5.57 Å². The number of rotatable bonds is 1. The molecule has 2 nitrogen and oxygen atoms in total. The van der Waals surface area contributed by atoms with Crippen LogP contribution in [0.25, 0.3) is 5.57 Å². The highest BCUT2D eigenvalue weighted by Gasteiger charge is 2.17.